The molecule has 2 nitrogen and oxygen atoms in total. The largest absolute Gasteiger partial charge is 0.508 e. The molecule has 0 unspecified atom stereocenters. The summed E-state index contributed by atoms with van der Waals surface area (Å²) in [5.74, 6) is 1.23. The molecule has 0 aliphatic rings. The maximum absolute atomic E-state index is 9.32. The van der Waals surface area contributed by atoms with Crippen LogP contribution in [0.2, 0.25) is 0 Å². The van der Waals surface area contributed by atoms with Crippen molar-refractivity contribution in [3.8, 4) is 11.5 Å². The van der Waals surface area contributed by atoms with Gasteiger partial charge in [-0.05, 0) is 12.1 Å². The zero-order valence-corrected chi connectivity index (χ0v) is 8.28. The maximum atomic E-state index is 9.32. The van der Waals surface area contributed by atoms with Gasteiger partial charge in [0, 0.05) is 11.8 Å². The van der Waals surface area contributed by atoms with Crippen molar-refractivity contribution < 1.29 is 10.2 Å². The molecule has 66 valence electrons. The van der Waals surface area contributed by atoms with Crippen LogP contribution in [0, 0.1) is 0 Å². The molecule has 0 radical (unpaired) electrons. The number of hydrogen-bond donors (Lipinski definition) is 2. The van der Waals surface area contributed by atoms with Gasteiger partial charge in [0.15, 0.2) is 0 Å². The van der Waals surface area contributed by atoms with Gasteiger partial charge >= 0.3 is 0 Å². The number of aromatic hydroxyl groups is 2. The fraction of sp³-hybridized carbons (Fsp3) is 0.250. The monoisotopic (exact) mass is 202 g/mol. The summed E-state index contributed by atoms with van der Waals surface area (Å²) in [6, 6.07) is 4.62. The van der Waals surface area contributed by atoms with Crippen LogP contribution in [0.4, 0.5) is 0 Å². The summed E-state index contributed by atoms with van der Waals surface area (Å²) in [5.41, 5.74) is 0. The molecule has 1 aromatic carbocycles. The predicted octanol–water partition coefficient (Wildman–Crippen LogP) is 2.86. The second-order valence-corrected chi connectivity index (χ2v) is 4.77. The molecule has 0 fully saturated rings. The van der Waals surface area contributed by atoms with Gasteiger partial charge in [0.1, 0.15) is 11.5 Å². The molecule has 0 heterocycles. The lowest BCUT2D eigenvalue weighted by Gasteiger charge is -2.01. The van der Waals surface area contributed by atoms with Crippen LogP contribution in [-0.4, -0.2) is 16.0 Å². The van der Waals surface area contributed by atoms with Crippen molar-refractivity contribution >= 4 is 21.6 Å². The number of phenols is 2. The van der Waals surface area contributed by atoms with Gasteiger partial charge in [-0.2, -0.15) is 0 Å². The lowest BCUT2D eigenvalue weighted by atomic mass is 10.3. The summed E-state index contributed by atoms with van der Waals surface area (Å²) >= 11 is 0. The Balaban J connectivity index is 2.72. The van der Waals surface area contributed by atoms with E-state index in [0.717, 1.165) is 10.6 Å². The van der Waals surface area contributed by atoms with E-state index in [0.29, 0.717) is 0 Å². The normalized spacial score (nSPS) is 10.1. The third kappa shape index (κ3) is 2.53. The third-order valence-electron chi connectivity index (χ3n) is 1.21. The minimum atomic E-state index is 0.0957. The Morgan fingerprint density at radius 2 is 2.08 bits per heavy atom. The summed E-state index contributed by atoms with van der Waals surface area (Å²) < 4.78 is 0. The Labute approximate surface area is 79.4 Å². The summed E-state index contributed by atoms with van der Waals surface area (Å²) in [6.45, 7) is 2.05. The summed E-state index contributed by atoms with van der Waals surface area (Å²) in [7, 11) is 3.17. The molecule has 2 N–H and O–H groups in total. The lowest BCUT2D eigenvalue weighted by molar-refractivity contribution is 0.442. The topological polar surface area (TPSA) is 40.5 Å². The second kappa shape index (κ2) is 4.52. The van der Waals surface area contributed by atoms with E-state index in [9.17, 15) is 5.11 Å². The van der Waals surface area contributed by atoms with Crippen LogP contribution in [0.25, 0.3) is 0 Å². The van der Waals surface area contributed by atoms with Crippen LogP contribution >= 0.6 is 21.6 Å². The molecule has 0 aromatic heterocycles. The molecule has 0 spiro atoms. The van der Waals surface area contributed by atoms with E-state index >= 15 is 0 Å². The van der Waals surface area contributed by atoms with E-state index in [-0.39, 0.29) is 11.5 Å². The first-order valence-electron chi connectivity index (χ1n) is 3.55. The van der Waals surface area contributed by atoms with Crippen LogP contribution in [0.15, 0.2) is 23.1 Å². The van der Waals surface area contributed by atoms with Crippen LogP contribution in [0.5, 0.6) is 11.5 Å². The van der Waals surface area contributed by atoms with E-state index in [2.05, 4.69) is 6.92 Å². The van der Waals surface area contributed by atoms with E-state index in [1.54, 1.807) is 22.9 Å². The van der Waals surface area contributed by atoms with Gasteiger partial charge in [0.05, 0.1) is 4.90 Å². The molecule has 12 heavy (non-hydrogen) atoms. The molecule has 0 amide bonds. The van der Waals surface area contributed by atoms with Gasteiger partial charge in [-0.15, -0.1) is 0 Å². The highest BCUT2D eigenvalue weighted by Crippen LogP contribution is 2.38. The van der Waals surface area contributed by atoms with Crippen molar-refractivity contribution in [2.75, 3.05) is 5.75 Å². The molecule has 4 heteroatoms. The Morgan fingerprint density at radius 1 is 1.33 bits per heavy atom. The molecule has 1 rings (SSSR count). The van der Waals surface area contributed by atoms with Crippen molar-refractivity contribution in [1.82, 2.24) is 0 Å². The van der Waals surface area contributed by atoms with Crippen LogP contribution in [-0.2, 0) is 0 Å². The first-order valence-corrected chi connectivity index (χ1v) is 5.87. The van der Waals surface area contributed by atoms with Crippen LogP contribution < -0.4 is 0 Å². The fourth-order valence-electron chi connectivity index (χ4n) is 0.699. The van der Waals surface area contributed by atoms with Crippen molar-refractivity contribution in [2.45, 2.75) is 11.8 Å². The highest BCUT2D eigenvalue weighted by molar-refractivity contribution is 8.76. The standard InChI is InChI=1S/C8H10O2S2/c1-2-11-12-8-4-3-6(9)5-7(8)10/h3-5,9-10H,2H2,1H3. The van der Waals surface area contributed by atoms with E-state index in [1.165, 1.54) is 16.9 Å². The van der Waals surface area contributed by atoms with Crippen molar-refractivity contribution in [3.05, 3.63) is 18.2 Å². The molecular weight excluding hydrogens is 192 g/mol. The van der Waals surface area contributed by atoms with Gasteiger partial charge in [-0.25, -0.2) is 0 Å². The summed E-state index contributed by atoms with van der Waals surface area (Å²) in [4.78, 5) is 0.791. The van der Waals surface area contributed by atoms with Gasteiger partial charge < -0.3 is 10.2 Å². The quantitative estimate of drug-likeness (QED) is 0.739. The number of benzene rings is 1. The molecule has 0 aliphatic carbocycles. The van der Waals surface area contributed by atoms with Crippen molar-refractivity contribution in [3.63, 3.8) is 0 Å². The fourth-order valence-corrected chi connectivity index (χ4v) is 2.37. The van der Waals surface area contributed by atoms with Crippen LogP contribution in [0.1, 0.15) is 6.92 Å². The molecule has 0 atom stereocenters. The Morgan fingerprint density at radius 3 is 2.67 bits per heavy atom. The SMILES string of the molecule is CCSSc1ccc(O)cc1O. The van der Waals surface area contributed by atoms with Crippen LogP contribution in [0.3, 0.4) is 0 Å². The predicted molar refractivity (Wildman–Crippen MR) is 53.8 cm³/mol. The van der Waals surface area contributed by atoms with Crippen molar-refractivity contribution in [1.29, 1.82) is 0 Å². The summed E-state index contributed by atoms with van der Waals surface area (Å²) in [6.07, 6.45) is 0. The minimum Gasteiger partial charge on any atom is -0.508 e. The summed E-state index contributed by atoms with van der Waals surface area (Å²) in [5, 5.41) is 18.3. The third-order valence-corrected chi connectivity index (χ3v) is 3.69. The molecular formula is C8H10O2S2. The number of hydrogen-bond acceptors (Lipinski definition) is 4. The van der Waals surface area contributed by atoms with Gasteiger partial charge in [-0.1, -0.05) is 28.5 Å². The highest BCUT2D eigenvalue weighted by atomic mass is 33.1. The first kappa shape index (κ1) is 9.61. The second-order valence-electron chi connectivity index (χ2n) is 2.14. The average Bonchev–Trinajstić information content (AvgIpc) is 2.03. The lowest BCUT2D eigenvalue weighted by Crippen LogP contribution is -1.71. The molecule has 0 saturated carbocycles. The van der Waals surface area contributed by atoms with Gasteiger partial charge in [0.2, 0.25) is 0 Å². The average molecular weight is 202 g/mol. The zero-order valence-electron chi connectivity index (χ0n) is 6.65. The molecule has 0 saturated heterocycles. The molecule has 0 bridgehead atoms. The van der Waals surface area contributed by atoms with Gasteiger partial charge in [-0.3, -0.25) is 0 Å². The molecule has 1 aromatic rings. The Bertz CT molecular complexity index is 263. The Kier molecular flexibility index (Phi) is 3.62. The van der Waals surface area contributed by atoms with E-state index < -0.39 is 0 Å². The number of rotatable bonds is 3. The Hall–Kier alpha value is -0.480. The van der Waals surface area contributed by atoms with Gasteiger partial charge in [0.25, 0.3) is 0 Å². The minimum absolute atomic E-state index is 0.0957. The molecule has 0 aliphatic heterocycles. The van der Waals surface area contributed by atoms with Crippen molar-refractivity contribution in [2.24, 2.45) is 0 Å². The van der Waals surface area contributed by atoms with E-state index in [4.69, 9.17) is 5.11 Å². The first-order chi connectivity index (χ1) is 5.74. The van der Waals surface area contributed by atoms with E-state index in [1.807, 2.05) is 0 Å². The smallest absolute Gasteiger partial charge is 0.133 e. The zero-order chi connectivity index (χ0) is 8.97. The highest BCUT2D eigenvalue weighted by Gasteiger charge is 2.01. The number of phenolic OH excluding ortho intramolecular Hbond substituents is 2. The maximum Gasteiger partial charge on any atom is 0.133 e.